The van der Waals surface area contributed by atoms with E-state index >= 15 is 0 Å². The molecule has 0 aliphatic carbocycles. The molecule has 2 heterocycles. The maximum atomic E-state index is 14.0. The lowest BCUT2D eigenvalue weighted by Gasteiger charge is -2.29. The molecule has 2 N–H and O–H groups in total. The van der Waals surface area contributed by atoms with Crippen LogP contribution in [0.1, 0.15) is 58.6 Å². The minimum Gasteiger partial charge on any atom is -0.444 e. The summed E-state index contributed by atoms with van der Waals surface area (Å²) >= 11 is 0. The van der Waals surface area contributed by atoms with E-state index in [1.165, 1.54) is 4.57 Å². The molecule has 47 heavy (non-hydrogen) atoms. The normalized spacial score (nSPS) is 15.1. The zero-order valence-corrected chi connectivity index (χ0v) is 27.6. The second-order valence-electron chi connectivity index (χ2n) is 13.5. The monoisotopic (exact) mass is 639 g/mol. The van der Waals surface area contributed by atoms with Crippen LogP contribution in [-0.4, -0.2) is 44.8 Å². The van der Waals surface area contributed by atoms with Crippen molar-refractivity contribution in [2.45, 2.75) is 77.6 Å². The molecule has 0 fully saturated rings. The second kappa shape index (κ2) is 13.3. The third-order valence-electron chi connectivity index (χ3n) is 7.90. The molecule has 0 spiro atoms. The fourth-order valence-electron chi connectivity index (χ4n) is 5.71. The topological polar surface area (TPSA) is 136 Å². The number of alkyl carbamates (subject to hydrolysis) is 1. The Labute approximate surface area is 273 Å². The first-order chi connectivity index (χ1) is 22.2. The number of ether oxygens (including phenoxy) is 1. The van der Waals surface area contributed by atoms with Crippen molar-refractivity contribution in [3.8, 4) is 22.5 Å². The fraction of sp³-hybridized carbons (Fsp3) is 0.361. The Balaban J connectivity index is 1.33. The van der Waals surface area contributed by atoms with Gasteiger partial charge >= 0.3 is 11.8 Å². The van der Waals surface area contributed by atoms with Crippen molar-refractivity contribution in [3.63, 3.8) is 0 Å². The average Bonchev–Trinajstić information content (AvgIpc) is 3.27. The van der Waals surface area contributed by atoms with E-state index in [0.717, 1.165) is 33.5 Å². The summed E-state index contributed by atoms with van der Waals surface area (Å²) in [6.07, 6.45) is 0.413. The number of anilines is 1. The summed E-state index contributed by atoms with van der Waals surface area (Å²) in [5.41, 5.74) is 3.71. The molecule has 1 unspecified atom stereocenters. The van der Waals surface area contributed by atoms with Crippen molar-refractivity contribution in [1.29, 1.82) is 0 Å². The number of fused-ring (bicyclic) bond motifs is 1. The van der Waals surface area contributed by atoms with Gasteiger partial charge in [-0.15, -0.1) is 0 Å². The van der Waals surface area contributed by atoms with Gasteiger partial charge in [0.25, 0.3) is 0 Å². The molecule has 246 valence electrons. The standard InChI is InChI=1S/C36H41N5O6/c1-35(2,3)46-33(44)38-36(4,5)21-30(42)37-28-20-19-25-11-7-10-14-29(25)41(32(28)43)22-23-15-17-24(18-16-23)26-12-8-9-13-27(26)31-39-47-34(45)40(31)6/h7-18,28H,19-22H2,1-6H3,(H,37,42)(H,38,44). The number of carbonyl (C=O) groups is 3. The van der Waals surface area contributed by atoms with Crippen LogP contribution >= 0.6 is 0 Å². The van der Waals surface area contributed by atoms with Crippen LogP contribution in [0.4, 0.5) is 10.5 Å². The Kier molecular flexibility index (Phi) is 9.37. The highest BCUT2D eigenvalue weighted by Crippen LogP contribution is 2.32. The number of aryl methyl sites for hydroxylation is 1. The Morgan fingerprint density at radius 3 is 2.26 bits per heavy atom. The van der Waals surface area contributed by atoms with Crippen LogP contribution < -0.4 is 21.3 Å². The van der Waals surface area contributed by atoms with Gasteiger partial charge in [0.2, 0.25) is 11.8 Å². The van der Waals surface area contributed by atoms with Gasteiger partial charge in [-0.2, -0.15) is 0 Å². The maximum absolute atomic E-state index is 14.0. The molecule has 1 aliphatic rings. The smallest absolute Gasteiger partial charge is 0.441 e. The first-order valence-corrected chi connectivity index (χ1v) is 15.6. The highest BCUT2D eigenvalue weighted by Gasteiger charge is 2.33. The van der Waals surface area contributed by atoms with Crippen molar-refractivity contribution in [2.24, 2.45) is 7.05 Å². The van der Waals surface area contributed by atoms with Gasteiger partial charge in [-0.3, -0.25) is 18.7 Å². The lowest BCUT2D eigenvalue weighted by Crippen LogP contribution is -2.52. The third kappa shape index (κ3) is 7.97. The van der Waals surface area contributed by atoms with Crippen LogP contribution in [0.2, 0.25) is 0 Å². The molecule has 3 amide bonds. The second-order valence-corrected chi connectivity index (χ2v) is 13.5. The largest absolute Gasteiger partial charge is 0.444 e. The van der Waals surface area contributed by atoms with Crippen molar-refractivity contribution in [2.75, 3.05) is 4.90 Å². The van der Waals surface area contributed by atoms with Crippen molar-refractivity contribution in [3.05, 3.63) is 94.5 Å². The molecule has 0 radical (unpaired) electrons. The fourth-order valence-corrected chi connectivity index (χ4v) is 5.71. The van der Waals surface area contributed by atoms with Crippen LogP contribution in [0.25, 0.3) is 22.5 Å². The number of carbonyl (C=O) groups excluding carboxylic acids is 3. The van der Waals surface area contributed by atoms with E-state index in [-0.39, 0.29) is 18.2 Å². The highest BCUT2D eigenvalue weighted by atomic mass is 16.6. The van der Waals surface area contributed by atoms with E-state index in [9.17, 15) is 19.2 Å². The number of rotatable bonds is 8. The van der Waals surface area contributed by atoms with Gasteiger partial charge in [0.15, 0.2) is 5.82 Å². The predicted octanol–water partition coefficient (Wildman–Crippen LogP) is 5.36. The Morgan fingerprint density at radius 1 is 0.936 bits per heavy atom. The zero-order chi connectivity index (χ0) is 33.9. The number of nitrogens with one attached hydrogen (secondary N) is 2. The number of nitrogens with zero attached hydrogens (tertiary/aromatic N) is 3. The van der Waals surface area contributed by atoms with E-state index in [4.69, 9.17) is 9.26 Å². The number of hydrogen-bond donors (Lipinski definition) is 2. The summed E-state index contributed by atoms with van der Waals surface area (Å²) in [5, 5.41) is 9.64. The first-order valence-electron chi connectivity index (χ1n) is 15.6. The SMILES string of the molecule is Cn1c(-c2ccccc2-c2ccc(CN3C(=O)C(NC(=O)CC(C)(C)NC(=O)OC(C)(C)C)CCc4ccccc43)cc2)noc1=O. The summed E-state index contributed by atoms with van der Waals surface area (Å²) in [7, 11) is 1.61. The molecule has 1 aliphatic heterocycles. The third-order valence-corrected chi connectivity index (χ3v) is 7.90. The molecule has 11 heteroatoms. The van der Waals surface area contributed by atoms with E-state index in [1.54, 1.807) is 46.6 Å². The van der Waals surface area contributed by atoms with Crippen molar-refractivity contribution >= 4 is 23.6 Å². The molecule has 11 nitrogen and oxygen atoms in total. The first kappa shape index (κ1) is 33.2. The van der Waals surface area contributed by atoms with Crippen LogP contribution in [0, 0.1) is 0 Å². The molecule has 3 aromatic carbocycles. The summed E-state index contributed by atoms with van der Waals surface area (Å²) in [6, 6.07) is 22.5. The molecule has 5 rings (SSSR count). The minimum absolute atomic E-state index is 0.0333. The van der Waals surface area contributed by atoms with Crippen molar-refractivity contribution in [1.82, 2.24) is 20.4 Å². The molecular weight excluding hydrogens is 598 g/mol. The summed E-state index contributed by atoms with van der Waals surface area (Å²) in [5.74, 6) is -0.660. The van der Waals surface area contributed by atoms with Crippen LogP contribution in [0.5, 0.6) is 0 Å². The summed E-state index contributed by atoms with van der Waals surface area (Å²) < 4.78 is 11.6. The van der Waals surface area contributed by atoms with Gasteiger partial charge < -0.3 is 20.3 Å². The molecule has 0 saturated carbocycles. The van der Waals surface area contributed by atoms with Gasteiger partial charge in [-0.1, -0.05) is 71.9 Å². The van der Waals surface area contributed by atoms with Crippen LogP contribution in [0.15, 0.2) is 82.1 Å². The van der Waals surface area contributed by atoms with Crippen molar-refractivity contribution < 1.29 is 23.6 Å². The van der Waals surface area contributed by atoms with Gasteiger partial charge in [0.1, 0.15) is 11.6 Å². The lowest BCUT2D eigenvalue weighted by atomic mass is 9.98. The number of amides is 3. The zero-order valence-electron chi connectivity index (χ0n) is 27.6. The summed E-state index contributed by atoms with van der Waals surface area (Å²) in [6.45, 7) is 9.09. The molecule has 4 aromatic rings. The average molecular weight is 640 g/mol. The van der Waals surface area contributed by atoms with E-state index in [1.807, 2.05) is 72.8 Å². The quantitative estimate of drug-likeness (QED) is 0.265. The maximum Gasteiger partial charge on any atom is 0.441 e. The van der Waals surface area contributed by atoms with Crippen LogP contribution in [-0.2, 0) is 34.3 Å². The molecule has 0 saturated heterocycles. The Morgan fingerprint density at radius 2 is 1.60 bits per heavy atom. The van der Waals surface area contributed by atoms with E-state index in [2.05, 4.69) is 15.8 Å². The number of hydrogen-bond acceptors (Lipinski definition) is 7. The minimum atomic E-state index is -0.897. The van der Waals surface area contributed by atoms with Crippen LogP contribution in [0.3, 0.4) is 0 Å². The molecular formula is C36H41N5O6. The highest BCUT2D eigenvalue weighted by molar-refractivity contribution is 6.00. The Hall–Kier alpha value is -5.19. The van der Waals surface area contributed by atoms with Gasteiger partial charge in [-0.05, 0) is 75.8 Å². The van der Waals surface area contributed by atoms with Gasteiger partial charge in [-0.25, -0.2) is 9.59 Å². The summed E-state index contributed by atoms with van der Waals surface area (Å²) in [4.78, 5) is 53.2. The molecule has 0 bridgehead atoms. The number of aromatic nitrogens is 2. The molecule has 1 atom stereocenters. The van der Waals surface area contributed by atoms with Gasteiger partial charge in [0.05, 0.1) is 6.54 Å². The van der Waals surface area contributed by atoms with E-state index < -0.39 is 29.0 Å². The van der Waals surface area contributed by atoms with Gasteiger partial charge in [0, 0.05) is 30.3 Å². The molecule has 1 aromatic heterocycles. The lowest BCUT2D eigenvalue weighted by molar-refractivity contribution is -0.128. The number of para-hydroxylation sites is 1. The van der Waals surface area contributed by atoms with E-state index in [0.29, 0.717) is 25.2 Å². The Bertz CT molecular complexity index is 1830. The predicted molar refractivity (Wildman–Crippen MR) is 179 cm³/mol. The number of benzene rings is 3.